The first-order valence-corrected chi connectivity index (χ1v) is 11.4. The Morgan fingerprint density at radius 3 is 1.31 bits per heavy atom. The second-order valence-corrected chi connectivity index (χ2v) is 10.7. The van der Waals surface area contributed by atoms with E-state index in [4.69, 9.17) is 0 Å². The van der Waals surface area contributed by atoms with Crippen molar-refractivity contribution in [1.29, 1.82) is 0 Å². The van der Waals surface area contributed by atoms with E-state index >= 15 is 8.78 Å². The maximum absolute atomic E-state index is 15.1. The summed E-state index contributed by atoms with van der Waals surface area (Å²) >= 11 is 0. The topological polar surface area (TPSA) is 35.6 Å². The minimum Gasteiger partial charge on any atom is -0.238 e. The molecule has 8 heteroatoms. The Kier molecular flexibility index (Phi) is 4.86. The highest BCUT2D eigenvalue weighted by molar-refractivity contribution is 5.49. The summed E-state index contributed by atoms with van der Waals surface area (Å²) in [6.45, 7) is 11.2. The van der Waals surface area contributed by atoms with Crippen molar-refractivity contribution in [3.8, 4) is 11.4 Å². The van der Waals surface area contributed by atoms with Crippen molar-refractivity contribution in [2.75, 3.05) is 0 Å². The van der Waals surface area contributed by atoms with Crippen molar-refractivity contribution in [2.45, 2.75) is 57.8 Å². The van der Waals surface area contributed by atoms with Crippen LogP contribution < -0.4 is 0 Å². The molecular formula is C27H26F4N4. The van der Waals surface area contributed by atoms with E-state index in [0.717, 1.165) is 12.1 Å². The van der Waals surface area contributed by atoms with Crippen LogP contribution in [0.5, 0.6) is 0 Å². The van der Waals surface area contributed by atoms with Crippen LogP contribution in [0, 0.1) is 23.3 Å². The smallest absolute Gasteiger partial charge is 0.151 e. The third-order valence-electron chi connectivity index (χ3n) is 7.93. The number of rotatable bonds is 0. The average molecular weight is 483 g/mol. The molecule has 0 N–H and O–H groups in total. The predicted molar refractivity (Wildman–Crippen MR) is 125 cm³/mol. The standard InChI is InChI=1S/C27H26F4N4/c1-25(2)15-11-21(19(30)13-17(15)28)34-9-7-23(32-34)26(3,4)27(5,6)24-8-10-35(33-24)22-12-16(25)18(29)14-20(22)31/h7-14H,1-6H3. The zero-order chi connectivity index (χ0) is 25.5. The molecule has 0 radical (unpaired) electrons. The van der Waals surface area contributed by atoms with Gasteiger partial charge >= 0.3 is 0 Å². The fourth-order valence-electron chi connectivity index (χ4n) is 4.75. The summed E-state index contributed by atoms with van der Waals surface area (Å²) in [5, 5.41) is 9.30. The van der Waals surface area contributed by atoms with Crippen LogP contribution in [0.15, 0.2) is 48.8 Å². The molecule has 0 aliphatic carbocycles. The number of nitrogens with zero attached hydrogens (tertiary/aromatic N) is 4. The van der Waals surface area contributed by atoms with Gasteiger partial charge in [0.2, 0.25) is 0 Å². The molecule has 0 fully saturated rings. The van der Waals surface area contributed by atoms with Gasteiger partial charge in [-0.25, -0.2) is 26.9 Å². The van der Waals surface area contributed by atoms with Gasteiger partial charge in [0.25, 0.3) is 0 Å². The van der Waals surface area contributed by atoms with E-state index in [9.17, 15) is 8.78 Å². The Labute approximate surface area is 201 Å². The van der Waals surface area contributed by atoms with Gasteiger partial charge in [-0.3, -0.25) is 0 Å². The van der Waals surface area contributed by atoms with Crippen molar-refractivity contribution < 1.29 is 17.6 Å². The second kappa shape index (κ2) is 7.29. The Morgan fingerprint density at radius 2 is 0.943 bits per heavy atom. The van der Waals surface area contributed by atoms with E-state index in [1.165, 1.54) is 21.5 Å². The van der Waals surface area contributed by atoms with Gasteiger partial charge in [0.15, 0.2) is 11.6 Å². The van der Waals surface area contributed by atoms with Gasteiger partial charge in [-0.2, -0.15) is 10.2 Å². The zero-order valence-corrected chi connectivity index (χ0v) is 20.4. The van der Waals surface area contributed by atoms with Gasteiger partial charge in [-0.15, -0.1) is 0 Å². The average Bonchev–Trinajstić information content (AvgIpc) is 3.43. The fourth-order valence-corrected chi connectivity index (χ4v) is 4.75. The van der Waals surface area contributed by atoms with Crippen LogP contribution in [0.2, 0.25) is 0 Å². The predicted octanol–water partition coefficient (Wildman–Crippen LogP) is 6.51. The number of benzene rings is 2. The molecule has 0 unspecified atom stereocenters. The summed E-state index contributed by atoms with van der Waals surface area (Å²) in [6.07, 6.45) is 3.25. The van der Waals surface area contributed by atoms with Gasteiger partial charge in [0.1, 0.15) is 23.0 Å². The van der Waals surface area contributed by atoms with Crippen LogP contribution in [0.1, 0.15) is 64.1 Å². The number of halogens is 4. The van der Waals surface area contributed by atoms with Crippen molar-refractivity contribution in [3.63, 3.8) is 0 Å². The first kappa shape index (κ1) is 23.3. The largest absolute Gasteiger partial charge is 0.238 e. The molecule has 2 aromatic heterocycles. The third-order valence-corrected chi connectivity index (χ3v) is 7.93. The van der Waals surface area contributed by atoms with Crippen LogP contribution >= 0.6 is 0 Å². The van der Waals surface area contributed by atoms with Crippen molar-refractivity contribution >= 4 is 0 Å². The lowest BCUT2D eigenvalue weighted by atomic mass is 9.64. The molecule has 0 amide bonds. The molecule has 4 nitrogen and oxygen atoms in total. The summed E-state index contributed by atoms with van der Waals surface area (Å²) in [7, 11) is 0. The van der Waals surface area contributed by atoms with Gasteiger partial charge in [-0.05, 0) is 24.3 Å². The quantitative estimate of drug-likeness (QED) is 0.268. The molecule has 8 bridgehead atoms. The molecule has 182 valence electrons. The van der Waals surface area contributed by atoms with E-state index in [1.54, 1.807) is 38.4 Å². The minimum absolute atomic E-state index is 0.0365. The maximum atomic E-state index is 15.1. The molecule has 0 saturated heterocycles. The van der Waals surface area contributed by atoms with Crippen LogP contribution in [0.25, 0.3) is 11.4 Å². The van der Waals surface area contributed by atoms with Gasteiger partial charge in [-0.1, -0.05) is 41.5 Å². The van der Waals surface area contributed by atoms with Crippen LogP contribution in [-0.2, 0) is 16.2 Å². The zero-order valence-electron chi connectivity index (χ0n) is 20.4. The molecule has 0 atom stereocenters. The second-order valence-electron chi connectivity index (χ2n) is 10.7. The highest BCUT2D eigenvalue weighted by Crippen LogP contribution is 2.43. The first-order valence-electron chi connectivity index (χ1n) is 11.4. The Hall–Kier alpha value is -3.42. The molecule has 1 aliphatic rings. The number of hydrogen-bond donors (Lipinski definition) is 0. The molecule has 35 heavy (non-hydrogen) atoms. The molecule has 0 saturated carbocycles. The van der Waals surface area contributed by atoms with Crippen LogP contribution in [-0.4, -0.2) is 19.6 Å². The summed E-state index contributed by atoms with van der Waals surface area (Å²) in [5.74, 6) is -3.26. The van der Waals surface area contributed by atoms with E-state index < -0.39 is 39.5 Å². The van der Waals surface area contributed by atoms with Gasteiger partial charge < -0.3 is 0 Å². The lowest BCUT2D eigenvalue weighted by molar-refractivity contribution is 0.286. The molecule has 0 spiro atoms. The summed E-state index contributed by atoms with van der Waals surface area (Å²) < 4.78 is 63.0. The van der Waals surface area contributed by atoms with Crippen LogP contribution in [0.4, 0.5) is 17.6 Å². The SMILES string of the molecule is CC1(C)c2cc(c(F)cc2F)-n2ccc(n2)C(C)(C)C(C)(C)c2ccn(n2)-c2cc1c(F)cc2F. The number of hydrogen-bond acceptors (Lipinski definition) is 2. The minimum atomic E-state index is -1.27. The van der Waals surface area contributed by atoms with Gasteiger partial charge in [0.05, 0.1) is 11.4 Å². The highest BCUT2D eigenvalue weighted by Gasteiger charge is 2.43. The van der Waals surface area contributed by atoms with E-state index in [2.05, 4.69) is 10.2 Å². The van der Waals surface area contributed by atoms with E-state index in [-0.39, 0.29) is 22.5 Å². The van der Waals surface area contributed by atoms with Crippen molar-refractivity contribution in [3.05, 3.63) is 94.6 Å². The number of fused-ring (bicyclic) bond motifs is 10. The summed E-state index contributed by atoms with van der Waals surface area (Å²) in [5.41, 5.74) is -0.904. The molecule has 1 aliphatic heterocycles. The lowest BCUT2D eigenvalue weighted by Gasteiger charge is -2.39. The maximum Gasteiger partial charge on any atom is 0.151 e. The molecule has 2 aromatic carbocycles. The van der Waals surface area contributed by atoms with E-state index in [0.29, 0.717) is 11.4 Å². The van der Waals surface area contributed by atoms with E-state index in [1.807, 2.05) is 27.7 Å². The summed E-state index contributed by atoms with van der Waals surface area (Å²) in [4.78, 5) is 0. The highest BCUT2D eigenvalue weighted by atomic mass is 19.1. The summed E-state index contributed by atoms with van der Waals surface area (Å²) in [6, 6.07) is 7.83. The monoisotopic (exact) mass is 482 g/mol. The van der Waals surface area contributed by atoms with Gasteiger partial charge in [0, 0.05) is 51.9 Å². The first-order chi connectivity index (χ1) is 16.2. The third kappa shape index (κ3) is 3.26. The lowest BCUT2D eigenvalue weighted by Crippen LogP contribution is -2.41. The Bertz CT molecular complexity index is 1370. The fraction of sp³-hybridized carbons (Fsp3) is 0.333. The molecule has 5 rings (SSSR count). The molecular weight excluding hydrogens is 456 g/mol. The Balaban J connectivity index is 1.90. The Morgan fingerprint density at radius 1 is 0.571 bits per heavy atom. The normalized spacial score (nSPS) is 17.5. The molecule has 4 aromatic rings. The number of aromatic nitrogens is 4. The van der Waals surface area contributed by atoms with Crippen molar-refractivity contribution in [1.82, 2.24) is 19.6 Å². The van der Waals surface area contributed by atoms with Crippen LogP contribution in [0.3, 0.4) is 0 Å². The van der Waals surface area contributed by atoms with Crippen molar-refractivity contribution in [2.24, 2.45) is 0 Å². The molecule has 3 heterocycles.